The third kappa shape index (κ3) is 1.66. The molecule has 2 aromatic heterocycles. The Morgan fingerprint density at radius 1 is 1.17 bits per heavy atom. The first-order valence-corrected chi connectivity index (χ1v) is 5.55. The Labute approximate surface area is 104 Å². The minimum atomic E-state index is 0.251. The zero-order chi connectivity index (χ0) is 12.7. The highest BCUT2D eigenvalue weighted by Crippen LogP contribution is 2.24. The summed E-state index contributed by atoms with van der Waals surface area (Å²) in [6.07, 6.45) is 1.87. The first kappa shape index (κ1) is 10.6. The number of phenolic OH excluding ortho intramolecular Hbond substituents is 1. The van der Waals surface area contributed by atoms with E-state index >= 15 is 0 Å². The highest BCUT2D eigenvalue weighted by molar-refractivity contribution is 5.67. The van der Waals surface area contributed by atoms with Crippen LogP contribution in [0.1, 0.15) is 5.56 Å². The number of nitrogens with zero attached hydrogens (tertiary/aromatic N) is 3. The number of nitrogens with two attached hydrogens (primary N) is 1. The molecule has 18 heavy (non-hydrogen) atoms. The predicted octanol–water partition coefficient (Wildman–Crippen LogP) is 1.99. The van der Waals surface area contributed by atoms with Crippen LogP contribution in [0.3, 0.4) is 0 Å². The number of anilines is 1. The molecule has 0 unspecified atom stereocenters. The molecule has 0 saturated heterocycles. The summed E-state index contributed by atoms with van der Waals surface area (Å²) < 4.78 is 1.67. The van der Waals surface area contributed by atoms with Gasteiger partial charge in [0.1, 0.15) is 5.75 Å². The van der Waals surface area contributed by atoms with Crippen molar-refractivity contribution in [3.63, 3.8) is 0 Å². The van der Waals surface area contributed by atoms with Crippen LogP contribution < -0.4 is 5.73 Å². The third-order valence-electron chi connectivity index (χ3n) is 2.83. The lowest BCUT2D eigenvalue weighted by Crippen LogP contribution is -1.92. The van der Waals surface area contributed by atoms with Gasteiger partial charge in [-0.25, -0.2) is 4.52 Å². The van der Waals surface area contributed by atoms with Crippen molar-refractivity contribution in [1.82, 2.24) is 14.6 Å². The molecule has 5 nitrogen and oxygen atoms in total. The van der Waals surface area contributed by atoms with Crippen LogP contribution >= 0.6 is 0 Å². The second-order valence-electron chi connectivity index (χ2n) is 4.20. The number of hydrogen-bond donors (Lipinski definition) is 2. The van der Waals surface area contributed by atoms with E-state index in [-0.39, 0.29) is 11.7 Å². The van der Waals surface area contributed by atoms with Crippen LogP contribution in [0.15, 0.2) is 36.5 Å². The molecule has 1 aromatic carbocycles. The van der Waals surface area contributed by atoms with Crippen molar-refractivity contribution in [2.45, 2.75) is 6.92 Å². The number of phenols is 1. The average Bonchev–Trinajstić information content (AvgIpc) is 2.71. The molecule has 0 saturated carbocycles. The third-order valence-corrected chi connectivity index (χ3v) is 2.83. The summed E-state index contributed by atoms with van der Waals surface area (Å²) in [4.78, 5) is 4.15. The number of fused-ring (bicyclic) bond motifs is 1. The van der Waals surface area contributed by atoms with Gasteiger partial charge in [-0.3, -0.25) is 0 Å². The van der Waals surface area contributed by atoms with Gasteiger partial charge in [0.25, 0.3) is 0 Å². The number of rotatable bonds is 1. The standard InChI is InChI=1S/C13H12N4O/c1-8-6-10(9-2-4-11(18)5-3-9)7-17-12(8)15-13(14)16-17/h2-7,18H,1H3,(H2,14,16). The largest absolute Gasteiger partial charge is 0.508 e. The zero-order valence-corrected chi connectivity index (χ0v) is 9.83. The molecule has 3 rings (SSSR count). The fourth-order valence-electron chi connectivity index (χ4n) is 1.98. The number of hydrogen-bond acceptors (Lipinski definition) is 4. The molecular weight excluding hydrogens is 228 g/mol. The number of nitrogen functional groups attached to an aromatic ring is 1. The summed E-state index contributed by atoms with van der Waals surface area (Å²) in [6, 6.07) is 9.05. The van der Waals surface area contributed by atoms with Gasteiger partial charge < -0.3 is 10.8 Å². The van der Waals surface area contributed by atoms with Gasteiger partial charge in [-0.1, -0.05) is 12.1 Å². The smallest absolute Gasteiger partial charge is 0.240 e. The van der Waals surface area contributed by atoms with E-state index in [0.29, 0.717) is 0 Å². The molecule has 90 valence electrons. The molecule has 3 N–H and O–H groups in total. The molecule has 0 bridgehead atoms. The van der Waals surface area contributed by atoms with Gasteiger partial charge in [0.2, 0.25) is 5.95 Å². The number of aromatic nitrogens is 3. The highest BCUT2D eigenvalue weighted by atomic mass is 16.3. The van der Waals surface area contributed by atoms with Crippen LogP contribution in [0.4, 0.5) is 5.95 Å². The predicted molar refractivity (Wildman–Crippen MR) is 69.2 cm³/mol. The minimum Gasteiger partial charge on any atom is -0.508 e. The Kier molecular flexibility index (Phi) is 2.19. The maximum Gasteiger partial charge on any atom is 0.240 e. The van der Waals surface area contributed by atoms with Crippen LogP contribution in [0.2, 0.25) is 0 Å². The van der Waals surface area contributed by atoms with E-state index < -0.39 is 0 Å². The van der Waals surface area contributed by atoms with E-state index in [2.05, 4.69) is 10.1 Å². The summed E-state index contributed by atoms with van der Waals surface area (Å²) >= 11 is 0. The minimum absolute atomic E-state index is 0.251. The van der Waals surface area contributed by atoms with E-state index in [1.165, 1.54) is 0 Å². The summed E-state index contributed by atoms with van der Waals surface area (Å²) in [6.45, 7) is 1.97. The molecule has 0 atom stereocenters. The molecule has 0 aliphatic carbocycles. The molecular formula is C13H12N4O. The molecule has 0 radical (unpaired) electrons. The van der Waals surface area contributed by atoms with Crippen molar-refractivity contribution in [2.24, 2.45) is 0 Å². The number of aryl methyl sites for hydroxylation is 1. The van der Waals surface area contributed by atoms with Gasteiger partial charge >= 0.3 is 0 Å². The van der Waals surface area contributed by atoms with E-state index in [9.17, 15) is 5.11 Å². The van der Waals surface area contributed by atoms with Crippen LogP contribution in [0, 0.1) is 6.92 Å². The van der Waals surface area contributed by atoms with Gasteiger partial charge in [-0.15, -0.1) is 5.10 Å². The highest BCUT2D eigenvalue weighted by Gasteiger charge is 2.07. The van der Waals surface area contributed by atoms with Crippen LogP contribution in [-0.4, -0.2) is 19.7 Å². The fraction of sp³-hybridized carbons (Fsp3) is 0.0769. The van der Waals surface area contributed by atoms with Gasteiger partial charge in [0.15, 0.2) is 5.65 Å². The van der Waals surface area contributed by atoms with E-state index in [4.69, 9.17) is 5.73 Å². The Bertz CT molecular complexity index is 716. The zero-order valence-electron chi connectivity index (χ0n) is 9.83. The van der Waals surface area contributed by atoms with E-state index in [0.717, 1.165) is 22.3 Å². The van der Waals surface area contributed by atoms with Gasteiger partial charge in [-0.2, -0.15) is 4.98 Å². The van der Waals surface area contributed by atoms with E-state index in [1.807, 2.05) is 31.3 Å². The Balaban J connectivity index is 2.20. The van der Waals surface area contributed by atoms with Gasteiger partial charge in [-0.05, 0) is 36.2 Å². The number of aromatic hydroxyl groups is 1. The summed E-state index contributed by atoms with van der Waals surface area (Å²) in [7, 11) is 0. The van der Waals surface area contributed by atoms with E-state index in [1.54, 1.807) is 16.6 Å². The second kappa shape index (κ2) is 3.73. The molecule has 0 spiro atoms. The van der Waals surface area contributed by atoms with Crippen molar-refractivity contribution >= 4 is 11.6 Å². The van der Waals surface area contributed by atoms with Crippen molar-refractivity contribution in [3.05, 3.63) is 42.1 Å². The maximum atomic E-state index is 9.29. The Morgan fingerprint density at radius 3 is 2.61 bits per heavy atom. The van der Waals surface area contributed by atoms with Crippen LogP contribution in [0.5, 0.6) is 5.75 Å². The van der Waals surface area contributed by atoms with Crippen molar-refractivity contribution < 1.29 is 5.11 Å². The SMILES string of the molecule is Cc1cc(-c2ccc(O)cc2)cn2nc(N)nc12. The van der Waals surface area contributed by atoms with Gasteiger partial charge in [0.05, 0.1) is 0 Å². The summed E-state index contributed by atoms with van der Waals surface area (Å²) in [5.74, 6) is 0.516. The van der Waals surface area contributed by atoms with Crippen LogP contribution in [0.25, 0.3) is 16.8 Å². The fourth-order valence-corrected chi connectivity index (χ4v) is 1.98. The monoisotopic (exact) mass is 240 g/mol. The molecule has 0 amide bonds. The van der Waals surface area contributed by atoms with Crippen molar-refractivity contribution in [3.8, 4) is 16.9 Å². The lowest BCUT2D eigenvalue weighted by atomic mass is 10.1. The lowest BCUT2D eigenvalue weighted by Gasteiger charge is -2.04. The summed E-state index contributed by atoms with van der Waals surface area (Å²) in [5, 5.41) is 13.4. The van der Waals surface area contributed by atoms with Crippen LogP contribution in [-0.2, 0) is 0 Å². The second-order valence-corrected chi connectivity index (χ2v) is 4.20. The number of benzene rings is 1. The Hall–Kier alpha value is -2.56. The molecule has 2 heterocycles. The average molecular weight is 240 g/mol. The molecule has 0 aliphatic rings. The maximum absolute atomic E-state index is 9.29. The lowest BCUT2D eigenvalue weighted by molar-refractivity contribution is 0.475. The Morgan fingerprint density at radius 2 is 1.89 bits per heavy atom. The molecule has 0 aliphatic heterocycles. The quantitative estimate of drug-likeness (QED) is 0.682. The first-order valence-electron chi connectivity index (χ1n) is 5.55. The number of pyridine rings is 1. The first-order chi connectivity index (χ1) is 8.63. The molecule has 5 heteroatoms. The normalized spacial score (nSPS) is 10.9. The van der Waals surface area contributed by atoms with Crippen molar-refractivity contribution in [1.29, 1.82) is 0 Å². The van der Waals surface area contributed by atoms with Crippen molar-refractivity contribution in [2.75, 3.05) is 5.73 Å². The molecule has 0 fully saturated rings. The van der Waals surface area contributed by atoms with Gasteiger partial charge in [0, 0.05) is 11.8 Å². The topological polar surface area (TPSA) is 76.4 Å². The summed E-state index contributed by atoms with van der Waals surface area (Å²) in [5.41, 5.74) is 9.37. The molecule has 3 aromatic rings.